The predicted octanol–water partition coefficient (Wildman–Crippen LogP) is 5.20. The maximum Gasteiger partial charge on any atom is 0.131 e. The van der Waals surface area contributed by atoms with Gasteiger partial charge >= 0.3 is 0 Å². The number of hydrogen-bond acceptors (Lipinski definition) is 1. The van der Waals surface area contributed by atoms with Gasteiger partial charge in [0, 0.05) is 23.7 Å². The van der Waals surface area contributed by atoms with Crippen LogP contribution in [-0.2, 0) is 6.42 Å². The molecule has 1 heterocycles. The molecule has 0 aliphatic rings. The van der Waals surface area contributed by atoms with E-state index in [2.05, 4.69) is 4.98 Å². The molecule has 0 amide bonds. The molecule has 0 saturated heterocycles. The van der Waals surface area contributed by atoms with Gasteiger partial charge in [-0.25, -0.2) is 4.39 Å². The molecule has 1 aromatic heterocycles. The zero-order valence-electron chi connectivity index (χ0n) is 11.7. The van der Waals surface area contributed by atoms with Crippen LogP contribution in [0.15, 0.2) is 54.7 Å². The van der Waals surface area contributed by atoms with Gasteiger partial charge in [0.25, 0.3) is 0 Å². The summed E-state index contributed by atoms with van der Waals surface area (Å²) in [6.45, 7) is 2.02. The Hall–Kier alpha value is -1.93. The highest BCUT2D eigenvalue weighted by Crippen LogP contribution is 2.32. The first-order valence-electron chi connectivity index (χ1n) is 6.88. The fraction of sp³-hybridized carbons (Fsp3) is 0.167. The van der Waals surface area contributed by atoms with Crippen molar-refractivity contribution in [3.8, 4) is 0 Å². The Morgan fingerprint density at radius 2 is 1.81 bits per heavy atom. The summed E-state index contributed by atoms with van der Waals surface area (Å²) < 4.78 is 13.9. The van der Waals surface area contributed by atoms with E-state index in [1.165, 1.54) is 6.07 Å². The highest BCUT2D eigenvalue weighted by atomic mass is 35.5. The molecule has 0 aliphatic heterocycles. The molecule has 0 N–H and O–H groups in total. The van der Waals surface area contributed by atoms with Crippen molar-refractivity contribution in [3.05, 3.63) is 77.4 Å². The van der Waals surface area contributed by atoms with Crippen LogP contribution < -0.4 is 0 Å². The number of halogens is 2. The van der Waals surface area contributed by atoms with E-state index in [9.17, 15) is 4.39 Å². The first-order chi connectivity index (χ1) is 10.2. The lowest BCUT2D eigenvalue weighted by atomic mass is 9.98. The van der Waals surface area contributed by atoms with Gasteiger partial charge in [-0.15, -0.1) is 11.6 Å². The van der Waals surface area contributed by atoms with Gasteiger partial charge in [-0.3, -0.25) is 4.98 Å². The Bertz CT molecular complexity index is 785. The molecule has 1 unspecified atom stereocenters. The van der Waals surface area contributed by atoms with Crippen molar-refractivity contribution in [2.45, 2.75) is 18.7 Å². The summed E-state index contributed by atoms with van der Waals surface area (Å²) in [6, 6.07) is 14.6. The van der Waals surface area contributed by atoms with Gasteiger partial charge in [0.1, 0.15) is 5.82 Å². The molecule has 0 spiro atoms. The molecule has 0 saturated carbocycles. The Morgan fingerprint density at radius 3 is 2.57 bits per heavy atom. The van der Waals surface area contributed by atoms with Gasteiger partial charge in [0.15, 0.2) is 0 Å². The lowest BCUT2D eigenvalue weighted by molar-refractivity contribution is 0.639. The summed E-state index contributed by atoms with van der Waals surface area (Å²) in [4.78, 5) is 4.38. The molecule has 3 aromatic rings. The second kappa shape index (κ2) is 5.82. The summed E-state index contributed by atoms with van der Waals surface area (Å²) in [5.74, 6) is -0.216. The van der Waals surface area contributed by atoms with E-state index in [1.54, 1.807) is 18.3 Å². The van der Waals surface area contributed by atoms with Gasteiger partial charge in [0.05, 0.1) is 5.38 Å². The summed E-state index contributed by atoms with van der Waals surface area (Å²) >= 11 is 6.58. The third kappa shape index (κ3) is 2.77. The van der Waals surface area contributed by atoms with E-state index in [4.69, 9.17) is 11.6 Å². The van der Waals surface area contributed by atoms with Crippen LogP contribution in [-0.4, -0.2) is 4.98 Å². The summed E-state index contributed by atoms with van der Waals surface area (Å²) in [5.41, 5.74) is 3.04. The molecule has 0 aliphatic carbocycles. The SMILES string of the molecule is Cc1cccnc1CC(Cl)c1ccc(F)c2ccccc12. The molecule has 0 fully saturated rings. The van der Waals surface area contributed by atoms with Gasteiger partial charge in [0.2, 0.25) is 0 Å². The van der Waals surface area contributed by atoms with Gasteiger partial charge in [-0.05, 0) is 35.6 Å². The normalized spacial score (nSPS) is 12.5. The zero-order chi connectivity index (χ0) is 14.8. The summed E-state index contributed by atoms with van der Waals surface area (Å²) in [6.07, 6.45) is 2.40. The Labute approximate surface area is 128 Å². The molecule has 1 atom stereocenters. The van der Waals surface area contributed by atoms with Crippen molar-refractivity contribution in [1.82, 2.24) is 4.98 Å². The minimum Gasteiger partial charge on any atom is -0.261 e. The third-order valence-corrected chi connectivity index (χ3v) is 4.12. The predicted molar refractivity (Wildman–Crippen MR) is 85.2 cm³/mol. The minimum absolute atomic E-state index is 0.216. The van der Waals surface area contributed by atoms with E-state index < -0.39 is 0 Å². The van der Waals surface area contributed by atoms with E-state index in [-0.39, 0.29) is 11.2 Å². The molecule has 21 heavy (non-hydrogen) atoms. The van der Waals surface area contributed by atoms with E-state index in [1.807, 2.05) is 37.3 Å². The van der Waals surface area contributed by atoms with Crippen molar-refractivity contribution < 1.29 is 4.39 Å². The second-order valence-corrected chi connectivity index (χ2v) is 5.65. The van der Waals surface area contributed by atoms with Crippen LogP contribution >= 0.6 is 11.6 Å². The minimum atomic E-state index is -0.232. The molecular weight excluding hydrogens is 285 g/mol. The largest absolute Gasteiger partial charge is 0.261 e. The highest BCUT2D eigenvalue weighted by molar-refractivity contribution is 6.22. The summed E-state index contributed by atoms with van der Waals surface area (Å²) in [5, 5.41) is 1.24. The third-order valence-electron chi connectivity index (χ3n) is 3.73. The molecule has 0 radical (unpaired) electrons. The number of fused-ring (bicyclic) bond motifs is 1. The maximum absolute atomic E-state index is 13.9. The number of aryl methyl sites for hydroxylation is 1. The second-order valence-electron chi connectivity index (χ2n) is 5.12. The smallest absolute Gasteiger partial charge is 0.131 e. The Balaban J connectivity index is 2.01. The van der Waals surface area contributed by atoms with Crippen LogP contribution in [0.1, 0.15) is 22.2 Å². The van der Waals surface area contributed by atoms with Crippen LogP contribution in [0, 0.1) is 12.7 Å². The highest BCUT2D eigenvalue weighted by Gasteiger charge is 2.15. The van der Waals surface area contributed by atoms with E-state index in [0.29, 0.717) is 11.8 Å². The number of aromatic nitrogens is 1. The topological polar surface area (TPSA) is 12.9 Å². The van der Waals surface area contributed by atoms with Crippen molar-refractivity contribution in [3.63, 3.8) is 0 Å². The first-order valence-corrected chi connectivity index (χ1v) is 7.32. The van der Waals surface area contributed by atoms with Gasteiger partial charge < -0.3 is 0 Å². The number of alkyl halides is 1. The molecule has 3 heteroatoms. The van der Waals surface area contributed by atoms with Crippen molar-refractivity contribution in [2.75, 3.05) is 0 Å². The average Bonchev–Trinajstić information content (AvgIpc) is 2.50. The molecule has 0 bridgehead atoms. The quantitative estimate of drug-likeness (QED) is 0.605. The lowest BCUT2D eigenvalue weighted by Gasteiger charge is -2.14. The van der Waals surface area contributed by atoms with Crippen LogP contribution in [0.3, 0.4) is 0 Å². The molecule has 106 valence electrons. The molecular formula is C18H15ClFN. The average molecular weight is 300 g/mol. The lowest BCUT2D eigenvalue weighted by Crippen LogP contribution is -2.01. The number of nitrogens with zero attached hydrogens (tertiary/aromatic N) is 1. The van der Waals surface area contributed by atoms with Crippen LogP contribution in [0.5, 0.6) is 0 Å². The maximum atomic E-state index is 13.9. The van der Waals surface area contributed by atoms with Crippen molar-refractivity contribution in [1.29, 1.82) is 0 Å². The Morgan fingerprint density at radius 1 is 1.05 bits per heavy atom. The summed E-state index contributed by atoms with van der Waals surface area (Å²) in [7, 11) is 0. The standard InChI is InChI=1S/C18H15ClFN/c1-12-5-4-10-21-18(12)11-16(19)14-8-9-17(20)15-7-3-2-6-13(14)15/h2-10,16H,11H2,1H3. The van der Waals surface area contributed by atoms with E-state index >= 15 is 0 Å². The molecule has 1 nitrogen and oxygen atoms in total. The number of pyridine rings is 1. The van der Waals surface area contributed by atoms with Crippen molar-refractivity contribution in [2.24, 2.45) is 0 Å². The van der Waals surface area contributed by atoms with Gasteiger partial charge in [-0.2, -0.15) is 0 Å². The molecule has 2 aromatic carbocycles. The molecule has 3 rings (SSSR count). The fourth-order valence-electron chi connectivity index (χ4n) is 2.57. The number of benzene rings is 2. The number of rotatable bonds is 3. The fourth-order valence-corrected chi connectivity index (χ4v) is 2.91. The van der Waals surface area contributed by atoms with Crippen LogP contribution in [0.2, 0.25) is 0 Å². The van der Waals surface area contributed by atoms with Crippen LogP contribution in [0.25, 0.3) is 10.8 Å². The van der Waals surface area contributed by atoms with E-state index in [0.717, 1.165) is 22.2 Å². The monoisotopic (exact) mass is 299 g/mol. The number of hydrogen-bond donors (Lipinski definition) is 0. The van der Waals surface area contributed by atoms with Crippen LogP contribution in [0.4, 0.5) is 4.39 Å². The first kappa shape index (κ1) is 14.0. The van der Waals surface area contributed by atoms with Gasteiger partial charge in [-0.1, -0.05) is 36.4 Å². The van der Waals surface area contributed by atoms with Crippen molar-refractivity contribution >= 4 is 22.4 Å². The Kier molecular flexibility index (Phi) is 3.89. The zero-order valence-corrected chi connectivity index (χ0v) is 12.4.